The summed E-state index contributed by atoms with van der Waals surface area (Å²) in [6.07, 6.45) is 7.78. The van der Waals surface area contributed by atoms with Crippen molar-refractivity contribution in [1.29, 1.82) is 0 Å². The van der Waals surface area contributed by atoms with Crippen LogP contribution in [-0.2, 0) is 4.79 Å². The second-order valence-corrected chi connectivity index (χ2v) is 6.55. The molecular weight excluding hydrogens is 304 g/mol. The molecule has 1 saturated carbocycles. The maximum atomic E-state index is 12.0. The number of hydrogen-bond donors (Lipinski definition) is 3. The first kappa shape index (κ1) is 16.8. The maximum Gasteiger partial charge on any atom is 0.258 e. The topological polar surface area (TPSA) is 74.3 Å². The fraction of sp³-hybridized carbons (Fsp3) is 0.526. The summed E-state index contributed by atoms with van der Waals surface area (Å²) in [6.45, 7) is 1.84. The minimum atomic E-state index is -0.210. The molecule has 0 bridgehead atoms. The number of hydrogen-bond acceptors (Lipinski definition) is 3. The van der Waals surface area contributed by atoms with E-state index >= 15 is 0 Å². The van der Waals surface area contributed by atoms with E-state index in [1.54, 1.807) is 0 Å². The van der Waals surface area contributed by atoms with Gasteiger partial charge in [0.15, 0.2) is 6.61 Å². The van der Waals surface area contributed by atoms with Crippen molar-refractivity contribution < 1.29 is 14.6 Å². The van der Waals surface area contributed by atoms with Crippen LogP contribution in [0.4, 0.5) is 0 Å². The van der Waals surface area contributed by atoms with Gasteiger partial charge in [0.2, 0.25) is 0 Å². The number of nitrogens with one attached hydrogen (secondary N) is 2. The van der Waals surface area contributed by atoms with Crippen molar-refractivity contribution in [2.75, 3.05) is 13.2 Å². The van der Waals surface area contributed by atoms with Gasteiger partial charge in [-0.2, -0.15) is 0 Å². The molecule has 1 aliphatic carbocycles. The fourth-order valence-corrected chi connectivity index (χ4v) is 3.55. The summed E-state index contributed by atoms with van der Waals surface area (Å²) in [4.78, 5) is 15.3. The average molecular weight is 330 g/mol. The number of aliphatic hydroxyl groups excluding tert-OH is 1. The predicted molar refractivity (Wildman–Crippen MR) is 94.3 cm³/mol. The molecule has 0 saturated heterocycles. The Balaban J connectivity index is 1.74. The summed E-state index contributed by atoms with van der Waals surface area (Å²) in [5, 5.41) is 13.1. The standard InChI is InChI=1S/C19H26N2O3/c1-2-14(11-22)21-18(23)12-24-17-9-5-8-16-19(17)15(10-20-16)13-6-3-4-7-13/h5,8-10,13-14,20,22H,2-4,6-7,11-12H2,1H3,(H,21,23). The van der Waals surface area contributed by atoms with Crippen molar-refractivity contribution in [3.8, 4) is 5.75 Å². The van der Waals surface area contributed by atoms with E-state index in [1.165, 1.54) is 31.2 Å². The van der Waals surface area contributed by atoms with E-state index in [0.29, 0.717) is 12.3 Å². The first-order valence-corrected chi connectivity index (χ1v) is 8.86. The molecule has 1 aliphatic rings. The quantitative estimate of drug-likeness (QED) is 0.730. The Morgan fingerprint density at radius 1 is 1.42 bits per heavy atom. The number of rotatable bonds is 7. The number of aliphatic hydroxyl groups is 1. The van der Waals surface area contributed by atoms with Crippen LogP contribution >= 0.6 is 0 Å². The Morgan fingerprint density at radius 2 is 2.21 bits per heavy atom. The second kappa shape index (κ2) is 7.71. The lowest BCUT2D eigenvalue weighted by molar-refractivity contribution is -0.124. The summed E-state index contributed by atoms with van der Waals surface area (Å²) in [5.74, 6) is 1.13. The largest absolute Gasteiger partial charge is 0.483 e. The van der Waals surface area contributed by atoms with Gasteiger partial charge in [0, 0.05) is 17.1 Å². The molecule has 1 heterocycles. The number of aromatic amines is 1. The first-order valence-electron chi connectivity index (χ1n) is 8.86. The Morgan fingerprint density at radius 3 is 2.92 bits per heavy atom. The van der Waals surface area contributed by atoms with Crippen molar-refractivity contribution >= 4 is 16.8 Å². The number of fused-ring (bicyclic) bond motifs is 1. The molecule has 1 aromatic carbocycles. The lowest BCUT2D eigenvalue weighted by Crippen LogP contribution is -2.39. The highest BCUT2D eigenvalue weighted by molar-refractivity contribution is 5.90. The zero-order valence-electron chi connectivity index (χ0n) is 14.2. The second-order valence-electron chi connectivity index (χ2n) is 6.55. The molecule has 2 aromatic rings. The number of H-pyrrole nitrogens is 1. The zero-order valence-corrected chi connectivity index (χ0v) is 14.2. The summed E-state index contributed by atoms with van der Waals surface area (Å²) >= 11 is 0. The summed E-state index contributed by atoms with van der Waals surface area (Å²) in [7, 11) is 0. The Bertz CT molecular complexity index is 685. The van der Waals surface area contributed by atoms with Gasteiger partial charge >= 0.3 is 0 Å². The van der Waals surface area contributed by atoms with Gasteiger partial charge in [-0.25, -0.2) is 0 Å². The smallest absolute Gasteiger partial charge is 0.258 e. The third-order valence-electron chi connectivity index (χ3n) is 4.93. The first-order chi connectivity index (χ1) is 11.7. The van der Waals surface area contributed by atoms with Crippen molar-refractivity contribution in [2.24, 2.45) is 0 Å². The normalized spacial score (nSPS) is 16.4. The number of carbonyl (C=O) groups is 1. The predicted octanol–water partition coefficient (Wildman–Crippen LogP) is 3.09. The van der Waals surface area contributed by atoms with E-state index in [-0.39, 0.29) is 25.2 Å². The lowest BCUT2D eigenvalue weighted by Gasteiger charge is -2.15. The molecule has 0 radical (unpaired) electrons. The monoisotopic (exact) mass is 330 g/mol. The van der Waals surface area contributed by atoms with Gasteiger partial charge in [0.05, 0.1) is 12.6 Å². The minimum Gasteiger partial charge on any atom is -0.483 e. The third-order valence-corrected chi connectivity index (χ3v) is 4.93. The van der Waals surface area contributed by atoms with Crippen LogP contribution in [0.2, 0.25) is 0 Å². The molecule has 0 spiro atoms. The number of amides is 1. The summed E-state index contributed by atoms with van der Waals surface area (Å²) in [6, 6.07) is 5.69. The Hall–Kier alpha value is -2.01. The van der Waals surface area contributed by atoms with Gasteiger partial charge in [-0.3, -0.25) is 4.79 Å². The SMILES string of the molecule is CCC(CO)NC(=O)COc1cccc2[nH]cc(C3CCCC3)c12. The molecule has 1 aromatic heterocycles. The molecule has 1 unspecified atom stereocenters. The van der Waals surface area contributed by atoms with Gasteiger partial charge < -0.3 is 20.1 Å². The van der Waals surface area contributed by atoms with E-state index < -0.39 is 0 Å². The van der Waals surface area contributed by atoms with Crippen molar-refractivity contribution in [1.82, 2.24) is 10.3 Å². The van der Waals surface area contributed by atoms with E-state index in [2.05, 4.69) is 16.5 Å². The van der Waals surface area contributed by atoms with Gasteiger partial charge in [-0.05, 0) is 42.9 Å². The molecule has 5 heteroatoms. The van der Waals surface area contributed by atoms with Crippen LogP contribution in [0.15, 0.2) is 24.4 Å². The molecule has 1 fully saturated rings. The molecule has 5 nitrogen and oxygen atoms in total. The number of carbonyl (C=O) groups excluding carboxylic acids is 1. The summed E-state index contributed by atoms with van der Waals surface area (Å²) in [5.41, 5.74) is 2.36. The molecule has 1 atom stereocenters. The van der Waals surface area contributed by atoms with Crippen molar-refractivity contribution in [2.45, 2.75) is 51.0 Å². The highest BCUT2D eigenvalue weighted by Crippen LogP contribution is 2.40. The number of benzene rings is 1. The van der Waals surface area contributed by atoms with Crippen LogP contribution in [0.1, 0.15) is 50.5 Å². The van der Waals surface area contributed by atoms with Crippen LogP contribution in [-0.4, -0.2) is 35.3 Å². The van der Waals surface area contributed by atoms with Crippen LogP contribution in [0, 0.1) is 0 Å². The molecule has 1 amide bonds. The zero-order chi connectivity index (χ0) is 16.9. The van der Waals surface area contributed by atoms with Gasteiger partial charge in [0.25, 0.3) is 5.91 Å². The molecule has 130 valence electrons. The van der Waals surface area contributed by atoms with Crippen molar-refractivity contribution in [3.63, 3.8) is 0 Å². The number of aromatic nitrogens is 1. The van der Waals surface area contributed by atoms with Crippen LogP contribution in [0.3, 0.4) is 0 Å². The fourth-order valence-electron chi connectivity index (χ4n) is 3.55. The van der Waals surface area contributed by atoms with E-state index in [9.17, 15) is 9.90 Å². The van der Waals surface area contributed by atoms with Crippen LogP contribution < -0.4 is 10.1 Å². The Kier molecular flexibility index (Phi) is 5.41. The van der Waals surface area contributed by atoms with Crippen LogP contribution in [0.25, 0.3) is 10.9 Å². The lowest BCUT2D eigenvalue weighted by atomic mass is 9.97. The molecule has 0 aliphatic heterocycles. The highest BCUT2D eigenvalue weighted by atomic mass is 16.5. The van der Waals surface area contributed by atoms with Crippen LogP contribution in [0.5, 0.6) is 5.75 Å². The van der Waals surface area contributed by atoms with Gasteiger partial charge in [-0.1, -0.05) is 25.8 Å². The maximum absolute atomic E-state index is 12.0. The van der Waals surface area contributed by atoms with E-state index in [1.807, 2.05) is 25.1 Å². The van der Waals surface area contributed by atoms with Gasteiger partial charge in [-0.15, -0.1) is 0 Å². The Labute approximate surface area is 142 Å². The number of ether oxygens (including phenoxy) is 1. The minimum absolute atomic E-state index is 0.0368. The molecule has 24 heavy (non-hydrogen) atoms. The third kappa shape index (κ3) is 3.56. The molecule has 3 N–H and O–H groups in total. The van der Waals surface area contributed by atoms with Gasteiger partial charge in [0.1, 0.15) is 5.75 Å². The van der Waals surface area contributed by atoms with E-state index in [0.717, 1.165) is 16.7 Å². The summed E-state index contributed by atoms with van der Waals surface area (Å²) < 4.78 is 5.82. The molecule has 3 rings (SSSR count). The van der Waals surface area contributed by atoms with Crippen molar-refractivity contribution in [3.05, 3.63) is 30.0 Å². The highest BCUT2D eigenvalue weighted by Gasteiger charge is 2.22. The van der Waals surface area contributed by atoms with E-state index in [4.69, 9.17) is 4.74 Å². The average Bonchev–Trinajstić information content (AvgIpc) is 3.26. The molecular formula is C19H26N2O3.